The van der Waals surface area contributed by atoms with Crippen LogP contribution in [0.5, 0.6) is 0 Å². The van der Waals surface area contributed by atoms with Gasteiger partial charge in [-0.15, -0.1) is 0 Å². The Morgan fingerprint density at radius 2 is 2.00 bits per heavy atom. The average molecular weight is 362 g/mol. The number of Topliss-reactive ketones (excluding diaryl/α,β-unsaturated/α-hetero) is 1. The number of benzene rings is 2. The fourth-order valence-electron chi connectivity index (χ4n) is 2.54. The molecule has 5 nitrogen and oxygen atoms in total. The maximum atomic E-state index is 13.6. The summed E-state index contributed by atoms with van der Waals surface area (Å²) < 4.78 is 18.5. The highest BCUT2D eigenvalue weighted by Gasteiger charge is 2.27. The second-order valence-electron chi connectivity index (χ2n) is 5.64. The topological polar surface area (TPSA) is 72.5 Å². The number of fused-ring (bicyclic) bond motifs is 1. The van der Waals surface area contributed by atoms with E-state index in [0.717, 1.165) is 12.1 Å². The third-order valence-electron chi connectivity index (χ3n) is 3.97. The molecule has 1 heterocycles. The van der Waals surface area contributed by atoms with E-state index >= 15 is 0 Å². The molecule has 0 unspecified atom stereocenters. The fourth-order valence-corrected chi connectivity index (χ4v) is 2.71. The van der Waals surface area contributed by atoms with Crippen LogP contribution in [0.15, 0.2) is 36.4 Å². The van der Waals surface area contributed by atoms with Gasteiger partial charge in [0, 0.05) is 16.3 Å². The van der Waals surface area contributed by atoms with Gasteiger partial charge in [0.05, 0.1) is 11.5 Å². The van der Waals surface area contributed by atoms with Crippen molar-refractivity contribution in [2.45, 2.75) is 12.8 Å². The summed E-state index contributed by atoms with van der Waals surface area (Å²) >= 11 is 5.72. The van der Waals surface area contributed by atoms with Crippen LogP contribution >= 0.6 is 11.6 Å². The van der Waals surface area contributed by atoms with Crippen LogP contribution in [-0.4, -0.2) is 24.3 Å². The number of amides is 1. The Labute approximate surface area is 147 Å². The van der Waals surface area contributed by atoms with Gasteiger partial charge in [-0.3, -0.25) is 9.59 Å². The van der Waals surface area contributed by atoms with Crippen LogP contribution in [0.4, 0.5) is 10.1 Å². The Morgan fingerprint density at radius 3 is 2.76 bits per heavy atom. The normalized spacial score (nSPS) is 15.5. The van der Waals surface area contributed by atoms with Crippen molar-refractivity contribution in [3.05, 3.63) is 63.9 Å². The molecular formula is C18H13ClFNO4. The van der Waals surface area contributed by atoms with Gasteiger partial charge in [0.2, 0.25) is 5.91 Å². The summed E-state index contributed by atoms with van der Waals surface area (Å²) in [6, 6.07) is 8.24. The van der Waals surface area contributed by atoms with Crippen molar-refractivity contribution in [3.8, 4) is 0 Å². The second kappa shape index (κ2) is 6.64. The molecule has 0 aromatic heterocycles. The lowest BCUT2D eigenvalue weighted by atomic mass is 9.99. The smallest absolute Gasteiger partial charge is 0.341 e. The van der Waals surface area contributed by atoms with Crippen LogP contribution in [-0.2, 0) is 9.53 Å². The summed E-state index contributed by atoms with van der Waals surface area (Å²) in [4.78, 5) is 35.8. The predicted octanol–water partition coefficient (Wildman–Crippen LogP) is 3.57. The minimum absolute atomic E-state index is 0.137. The standard InChI is InChI=1S/C18H13ClFNO4/c1-9-12-6-10(2-5-15(12)21-17(9)23)16(22)8-25-18(24)13-7-11(19)3-4-14(13)20/h2-7,9H,8H2,1H3,(H,21,23)/t9-/m1/s1. The van der Waals surface area contributed by atoms with Crippen molar-refractivity contribution >= 4 is 34.9 Å². The molecular weight excluding hydrogens is 349 g/mol. The maximum absolute atomic E-state index is 13.6. The number of nitrogens with one attached hydrogen (secondary N) is 1. The molecule has 2 aromatic carbocycles. The molecule has 1 amide bonds. The first-order chi connectivity index (χ1) is 11.9. The zero-order valence-corrected chi connectivity index (χ0v) is 13.9. The van der Waals surface area contributed by atoms with Crippen LogP contribution in [0, 0.1) is 5.82 Å². The summed E-state index contributed by atoms with van der Waals surface area (Å²) in [5.74, 6) is -2.70. The summed E-state index contributed by atoms with van der Waals surface area (Å²) in [5, 5.41) is 2.89. The first kappa shape index (κ1) is 17.1. The van der Waals surface area contributed by atoms with E-state index in [9.17, 15) is 18.8 Å². The number of halogens is 2. The Bertz CT molecular complexity index is 897. The Hall–Kier alpha value is -2.73. The van der Waals surface area contributed by atoms with E-state index in [0.29, 0.717) is 16.8 Å². The zero-order chi connectivity index (χ0) is 18.1. The number of carbonyl (C=O) groups excluding carboxylic acids is 3. The molecule has 2 aromatic rings. The first-order valence-corrected chi connectivity index (χ1v) is 7.85. The number of esters is 1. The molecule has 128 valence electrons. The van der Waals surface area contributed by atoms with E-state index in [2.05, 4.69) is 5.32 Å². The molecule has 0 saturated heterocycles. The van der Waals surface area contributed by atoms with Gasteiger partial charge in [0.15, 0.2) is 12.4 Å². The molecule has 1 aliphatic rings. The molecule has 25 heavy (non-hydrogen) atoms. The Balaban J connectivity index is 1.70. The number of hydrogen-bond donors (Lipinski definition) is 1. The molecule has 3 rings (SSSR count). The Kier molecular flexibility index (Phi) is 4.55. The number of rotatable bonds is 4. The van der Waals surface area contributed by atoms with Gasteiger partial charge < -0.3 is 10.1 Å². The highest BCUT2D eigenvalue weighted by Crippen LogP contribution is 2.32. The molecule has 0 radical (unpaired) electrons. The summed E-state index contributed by atoms with van der Waals surface area (Å²) in [6.07, 6.45) is 0. The van der Waals surface area contributed by atoms with Crippen LogP contribution in [0.3, 0.4) is 0 Å². The largest absolute Gasteiger partial charge is 0.454 e. The van der Waals surface area contributed by atoms with Crippen molar-refractivity contribution in [2.75, 3.05) is 11.9 Å². The highest BCUT2D eigenvalue weighted by molar-refractivity contribution is 6.30. The van der Waals surface area contributed by atoms with Crippen molar-refractivity contribution in [1.29, 1.82) is 0 Å². The van der Waals surface area contributed by atoms with Gasteiger partial charge >= 0.3 is 5.97 Å². The van der Waals surface area contributed by atoms with Crippen LogP contribution in [0.1, 0.15) is 39.1 Å². The fraction of sp³-hybridized carbons (Fsp3) is 0.167. The Morgan fingerprint density at radius 1 is 1.24 bits per heavy atom. The third-order valence-corrected chi connectivity index (χ3v) is 4.21. The van der Waals surface area contributed by atoms with E-state index in [1.54, 1.807) is 19.1 Å². The van der Waals surface area contributed by atoms with Gasteiger partial charge in [0.1, 0.15) is 5.82 Å². The van der Waals surface area contributed by atoms with Crippen LogP contribution < -0.4 is 5.32 Å². The minimum atomic E-state index is -0.972. The number of carbonyl (C=O) groups is 3. The van der Waals surface area contributed by atoms with Crippen LogP contribution in [0.25, 0.3) is 0 Å². The van der Waals surface area contributed by atoms with Crippen LogP contribution in [0.2, 0.25) is 5.02 Å². The number of ketones is 1. The molecule has 1 aliphatic heterocycles. The monoisotopic (exact) mass is 361 g/mol. The van der Waals surface area contributed by atoms with E-state index in [1.165, 1.54) is 12.1 Å². The summed E-state index contributed by atoms with van der Waals surface area (Å²) in [6.45, 7) is 1.19. The number of anilines is 1. The molecule has 0 saturated carbocycles. The zero-order valence-electron chi connectivity index (χ0n) is 13.1. The maximum Gasteiger partial charge on any atom is 0.341 e. The average Bonchev–Trinajstić information content (AvgIpc) is 2.88. The number of ether oxygens (including phenoxy) is 1. The molecule has 1 N–H and O–H groups in total. The molecule has 0 bridgehead atoms. The summed E-state index contributed by atoms with van der Waals surface area (Å²) in [7, 11) is 0. The van der Waals surface area contributed by atoms with E-state index in [4.69, 9.17) is 16.3 Å². The molecule has 0 aliphatic carbocycles. The first-order valence-electron chi connectivity index (χ1n) is 7.47. The van der Waals surface area contributed by atoms with E-state index in [1.807, 2.05) is 0 Å². The van der Waals surface area contributed by atoms with Crippen molar-refractivity contribution < 1.29 is 23.5 Å². The van der Waals surface area contributed by atoms with Crippen molar-refractivity contribution in [1.82, 2.24) is 0 Å². The van der Waals surface area contributed by atoms with E-state index < -0.39 is 24.2 Å². The number of hydrogen-bond acceptors (Lipinski definition) is 4. The van der Waals surface area contributed by atoms with Gasteiger partial charge in [0.25, 0.3) is 0 Å². The lowest BCUT2D eigenvalue weighted by molar-refractivity contribution is -0.116. The van der Waals surface area contributed by atoms with Crippen molar-refractivity contribution in [2.24, 2.45) is 0 Å². The molecule has 0 fully saturated rings. The molecule has 1 atom stereocenters. The third kappa shape index (κ3) is 3.39. The SMILES string of the molecule is C[C@H]1C(=O)Nc2ccc(C(=O)COC(=O)c3cc(Cl)ccc3F)cc21. The van der Waals surface area contributed by atoms with Gasteiger partial charge in [-0.1, -0.05) is 11.6 Å². The summed E-state index contributed by atoms with van der Waals surface area (Å²) in [5.41, 5.74) is 1.34. The highest BCUT2D eigenvalue weighted by atomic mass is 35.5. The van der Waals surface area contributed by atoms with E-state index in [-0.39, 0.29) is 22.4 Å². The minimum Gasteiger partial charge on any atom is -0.454 e. The second-order valence-corrected chi connectivity index (χ2v) is 6.07. The quantitative estimate of drug-likeness (QED) is 0.667. The lowest BCUT2D eigenvalue weighted by Gasteiger charge is -2.07. The van der Waals surface area contributed by atoms with Gasteiger partial charge in [-0.05, 0) is 48.9 Å². The van der Waals surface area contributed by atoms with Crippen molar-refractivity contribution in [3.63, 3.8) is 0 Å². The lowest BCUT2D eigenvalue weighted by Crippen LogP contribution is -2.15. The molecule has 7 heteroatoms. The van der Waals surface area contributed by atoms with Gasteiger partial charge in [-0.2, -0.15) is 0 Å². The molecule has 0 spiro atoms. The predicted molar refractivity (Wildman–Crippen MR) is 89.5 cm³/mol. The van der Waals surface area contributed by atoms with Gasteiger partial charge in [-0.25, -0.2) is 9.18 Å².